The third-order valence-electron chi connectivity index (χ3n) is 6.43. The first kappa shape index (κ1) is 23.0. The molecule has 2 aromatic carbocycles. The zero-order chi connectivity index (χ0) is 22.5. The van der Waals surface area contributed by atoms with Crippen LogP contribution in [0.2, 0.25) is 0 Å². The van der Waals surface area contributed by atoms with Crippen molar-refractivity contribution < 1.29 is 0 Å². The summed E-state index contributed by atoms with van der Waals surface area (Å²) in [4.78, 5) is 4.81. The molecule has 2 N–H and O–H groups in total. The van der Waals surface area contributed by atoms with E-state index in [1.165, 1.54) is 11.1 Å². The Labute approximate surface area is 203 Å². The van der Waals surface area contributed by atoms with Crippen LogP contribution in [0.3, 0.4) is 0 Å². The van der Waals surface area contributed by atoms with Crippen LogP contribution in [-0.4, -0.2) is 57.8 Å². The van der Waals surface area contributed by atoms with Gasteiger partial charge in [0.1, 0.15) is 0 Å². The van der Waals surface area contributed by atoms with Crippen molar-refractivity contribution in [1.29, 1.82) is 0 Å². The second kappa shape index (κ2) is 10.6. The van der Waals surface area contributed by atoms with Gasteiger partial charge in [-0.25, -0.2) is 0 Å². The van der Waals surface area contributed by atoms with Crippen LogP contribution >= 0.6 is 24.4 Å². The highest BCUT2D eigenvalue weighted by molar-refractivity contribution is 7.80. The molecule has 0 spiro atoms. The Bertz CT molecular complexity index is 903. The molecule has 2 fully saturated rings. The monoisotopic (exact) mass is 466 g/mol. The Balaban J connectivity index is 1.52. The number of nitrogens with zero attached hydrogens (tertiary/aromatic N) is 2. The lowest BCUT2D eigenvalue weighted by Crippen LogP contribution is -2.49. The number of hydrogen-bond donors (Lipinski definition) is 2. The standard InChI is InChI=1S/C26H34N4S2/c1-19(2)13-22-17-29(26(32)28-22)24(15-21-11-7-4-8-12-21)18-30-23(16-27-25(30)31)14-20-9-5-3-6-10-20/h3-12,19,22-24H,13-18H2,1-2H3,(H,27,31)(H,28,32). The molecule has 170 valence electrons. The lowest BCUT2D eigenvalue weighted by Gasteiger charge is -2.35. The first-order chi connectivity index (χ1) is 15.5. The van der Waals surface area contributed by atoms with Crippen LogP contribution in [0.4, 0.5) is 0 Å². The van der Waals surface area contributed by atoms with E-state index in [0.717, 1.165) is 49.1 Å². The van der Waals surface area contributed by atoms with Gasteiger partial charge in [-0.2, -0.15) is 0 Å². The van der Waals surface area contributed by atoms with Crippen molar-refractivity contribution in [2.45, 2.75) is 51.2 Å². The van der Waals surface area contributed by atoms with Crippen molar-refractivity contribution in [2.24, 2.45) is 5.92 Å². The summed E-state index contributed by atoms with van der Waals surface area (Å²) in [6.45, 7) is 7.28. The topological polar surface area (TPSA) is 30.5 Å². The van der Waals surface area contributed by atoms with Gasteiger partial charge in [-0.3, -0.25) is 0 Å². The van der Waals surface area contributed by atoms with Crippen molar-refractivity contribution in [2.75, 3.05) is 19.6 Å². The number of hydrogen-bond acceptors (Lipinski definition) is 2. The Hall–Kier alpha value is -2.18. The summed E-state index contributed by atoms with van der Waals surface area (Å²) in [6.07, 6.45) is 3.08. The average Bonchev–Trinajstić information content (AvgIpc) is 3.30. The molecule has 6 heteroatoms. The molecule has 2 aromatic rings. The maximum absolute atomic E-state index is 5.82. The Morgan fingerprint density at radius 2 is 1.59 bits per heavy atom. The van der Waals surface area contributed by atoms with Gasteiger partial charge in [0.15, 0.2) is 10.2 Å². The second-order valence-corrected chi connectivity index (χ2v) is 10.2. The molecule has 0 aliphatic carbocycles. The van der Waals surface area contributed by atoms with Gasteiger partial charge in [0.25, 0.3) is 0 Å². The predicted molar refractivity (Wildman–Crippen MR) is 141 cm³/mol. The van der Waals surface area contributed by atoms with E-state index in [4.69, 9.17) is 24.4 Å². The molecule has 0 saturated carbocycles. The highest BCUT2D eigenvalue weighted by atomic mass is 32.1. The van der Waals surface area contributed by atoms with Crippen LogP contribution in [0.1, 0.15) is 31.4 Å². The summed E-state index contributed by atoms with van der Waals surface area (Å²) in [5.41, 5.74) is 2.69. The fourth-order valence-corrected chi connectivity index (χ4v) is 5.61. The number of benzene rings is 2. The van der Waals surface area contributed by atoms with Gasteiger partial charge in [0, 0.05) is 25.7 Å². The molecular formula is C26H34N4S2. The number of thiocarbonyl (C=S) groups is 2. The molecular weight excluding hydrogens is 432 g/mol. The van der Waals surface area contributed by atoms with E-state index in [2.05, 4.69) is 94.9 Å². The number of rotatable bonds is 9. The lowest BCUT2D eigenvalue weighted by molar-refractivity contribution is 0.235. The molecule has 32 heavy (non-hydrogen) atoms. The molecule has 4 rings (SSSR count). The minimum atomic E-state index is 0.269. The minimum Gasteiger partial charge on any atom is -0.360 e. The van der Waals surface area contributed by atoms with Gasteiger partial charge in [-0.05, 0) is 60.7 Å². The molecule has 0 bridgehead atoms. The highest BCUT2D eigenvalue weighted by Gasteiger charge is 2.36. The second-order valence-electron chi connectivity index (χ2n) is 9.45. The van der Waals surface area contributed by atoms with Crippen LogP contribution in [0.25, 0.3) is 0 Å². The van der Waals surface area contributed by atoms with Crippen molar-refractivity contribution in [1.82, 2.24) is 20.4 Å². The molecule has 4 nitrogen and oxygen atoms in total. The van der Waals surface area contributed by atoms with E-state index in [-0.39, 0.29) is 6.04 Å². The summed E-state index contributed by atoms with van der Waals surface area (Å²) < 4.78 is 0. The molecule has 0 aromatic heterocycles. The predicted octanol–water partition coefficient (Wildman–Crippen LogP) is 4.00. The average molecular weight is 467 g/mol. The lowest BCUT2D eigenvalue weighted by atomic mass is 10.0. The maximum atomic E-state index is 5.82. The Kier molecular flexibility index (Phi) is 7.63. The first-order valence-corrected chi connectivity index (χ1v) is 12.5. The highest BCUT2D eigenvalue weighted by Crippen LogP contribution is 2.22. The summed E-state index contributed by atoms with van der Waals surface area (Å²) in [6, 6.07) is 22.5. The van der Waals surface area contributed by atoms with E-state index in [1.807, 2.05) is 0 Å². The molecule has 0 radical (unpaired) electrons. The van der Waals surface area contributed by atoms with Gasteiger partial charge in [0.2, 0.25) is 0 Å². The largest absolute Gasteiger partial charge is 0.360 e. The van der Waals surface area contributed by atoms with Crippen molar-refractivity contribution in [3.8, 4) is 0 Å². The summed E-state index contributed by atoms with van der Waals surface area (Å²) in [5, 5.41) is 8.76. The van der Waals surface area contributed by atoms with Crippen molar-refractivity contribution in [3.63, 3.8) is 0 Å². The minimum absolute atomic E-state index is 0.269. The van der Waals surface area contributed by atoms with Crippen LogP contribution in [0.5, 0.6) is 0 Å². The zero-order valence-corrected chi connectivity index (χ0v) is 20.7. The molecule has 3 unspecified atom stereocenters. The van der Waals surface area contributed by atoms with E-state index in [0.29, 0.717) is 18.0 Å². The summed E-state index contributed by atoms with van der Waals surface area (Å²) in [7, 11) is 0. The molecule has 3 atom stereocenters. The molecule has 2 saturated heterocycles. The molecule has 2 aliphatic heterocycles. The van der Waals surface area contributed by atoms with Crippen LogP contribution in [-0.2, 0) is 12.8 Å². The van der Waals surface area contributed by atoms with Crippen molar-refractivity contribution in [3.05, 3.63) is 71.8 Å². The van der Waals surface area contributed by atoms with E-state index < -0.39 is 0 Å². The van der Waals surface area contributed by atoms with Gasteiger partial charge in [-0.1, -0.05) is 74.5 Å². The normalized spacial score (nSPS) is 21.7. The summed E-state index contributed by atoms with van der Waals surface area (Å²) >= 11 is 11.6. The smallest absolute Gasteiger partial charge is 0.169 e. The van der Waals surface area contributed by atoms with Gasteiger partial charge in [-0.15, -0.1) is 0 Å². The van der Waals surface area contributed by atoms with Gasteiger partial charge >= 0.3 is 0 Å². The van der Waals surface area contributed by atoms with Crippen LogP contribution in [0, 0.1) is 5.92 Å². The van der Waals surface area contributed by atoms with Gasteiger partial charge in [0.05, 0.1) is 12.1 Å². The number of nitrogens with one attached hydrogen (secondary N) is 2. The zero-order valence-electron chi connectivity index (χ0n) is 19.0. The van der Waals surface area contributed by atoms with E-state index in [9.17, 15) is 0 Å². The third kappa shape index (κ3) is 5.78. The molecule has 2 heterocycles. The summed E-state index contributed by atoms with van der Waals surface area (Å²) in [5.74, 6) is 0.647. The maximum Gasteiger partial charge on any atom is 0.169 e. The third-order valence-corrected chi connectivity index (χ3v) is 7.16. The van der Waals surface area contributed by atoms with Crippen molar-refractivity contribution >= 4 is 34.7 Å². The fraction of sp³-hybridized carbons (Fsp3) is 0.462. The van der Waals surface area contributed by atoms with E-state index >= 15 is 0 Å². The van der Waals surface area contributed by atoms with Crippen LogP contribution < -0.4 is 10.6 Å². The van der Waals surface area contributed by atoms with Crippen LogP contribution in [0.15, 0.2) is 60.7 Å². The van der Waals surface area contributed by atoms with Gasteiger partial charge < -0.3 is 20.4 Å². The Morgan fingerprint density at radius 1 is 0.938 bits per heavy atom. The SMILES string of the molecule is CC(C)CC1CN(C(Cc2ccccc2)CN2C(=S)NCC2Cc2ccccc2)C(=S)N1. The Morgan fingerprint density at radius 3 is 2.25 bits per heavy atom. The van der Waals surface area contributed by atoms with E-state index in [1.54, 1.807) is 0 Å². The fourth-order valence-electron chi connectivity index (χ4n) is 4.91. The molecule has 0 amide bonds. The first-order valence-electron chi connectivity index (χ1n) is 11.7. The quantitative estimate of drug-likeness (QED) is 0.543. The molecule has 2 aliphatic rings.